The molecule has 0 spiro atoms. The van der Waals surface area contributed by atoms with Gasteiger partial charge in [-0.05, 0) is 42.0 Å². The minimum atomic E-state index is -4.62. The van der Waals surface area contributed by atoms with Crippen LogP contribution in [-0.4, -0.2) is 17.6 Å². The zero-order valence-electron chi connectivity index (χ0n) is 17.4. The summed E-state index contributed by atoms with van der Waals surface area (Å²) in [6.07, 6.45) is -3.66. The van der Waals surface area contributed by atoms with Crippen LogP contribution in [0.3, 0.4) is 0 Å². The number of alkyl halides is 3. The molecule has 164 valence electrons. The van der Waals surface area contributed by atoms with Crippen molar-refractivity contribution in [2.75, 3.05) is 4.90 Å². The molecular weight excluding hydrogens is 407 g/mol. The largest absolute Gasteiger partial charge is 0.416 e. The number of rotatable bonds is 7. The summed E-state index contributed by atoms with van der Waals surface area (Å²) >= 11 is 0. The molecule has 2 aromatic carbocycles. The van der Waals surface area contributed by atoms with Crippen molar-refractivity contribution in [3.8, 4) is 0 Å². The maximum atomic E-state index is 13.2. The molecule has 4 nitrogen and oxygen atoms in total. The van der Waals surface area contributed by atoms with Crippen LogP contribution in [0.1, 0.15) is 55.7 Å². The summed E-state index contributed by atoms with van der Waals surface area (Å²) in [5, 5.41) is 0. The molecule has 3 rings (SSSR count). The number of halogens is 3. The fraction of sp³-hybridized carbons (Fsp3) is 0.375. The van der Waals surface area contributed by atoms with Gasteiger partial charge in [0, 0.05) is 12.8 Å². The zero-order chi connectivity index (χ0) is 22.8. The first kappa shape index (κ1) is 22.7. The maximum absolute atomic E-state index is 13.2. The molecule has 1 heterocycles. The van der Waals surface area contributed by atoms with Crippen LogP contribution in [0.2, 0.25) is 0 Å². The van der Waals surface area contributed by atoms with Crippen molar-refractivity contribution in [3.63, 3.8) is 0 Å². The summed E-state index contributed by atoms with van der Waals surface area (Å²) in [6, 6.07) is 12.0. The number of imide groups is 1. The molecule has 0 radical (unpaired) electrons. The highest BCUT2D eigenvalue weighted by molar-refractivity contribution is 6.27. The quantitative estimate of drug-likeness (QED) is 0.559. The number of ketones is 1. The van der Waals surface area contributed by atoms with Gasteiger partial charge in [-0.15, -0.1) is 0 Å². The van der Waals surface area contributed by atoms with Gasteiger partial charge in [-0.1, -0.05) is 50.2 Å². The lowest BCUT2D eigenvalue weighted by molar-refractivity contribution is -0.138. The molecule has 0 aromatic heterocycles. The van der Waals surface area contributed by atoms with Crippen molar-refractivity contribution in [3.05, 3.63) is 65.2 Å². The Morgan fingerprint density at radius 1 is 1.03 bits per heavy atom. The Bertz CT molecular complexity index is 983. The van der Waals surface area contributed by atoms with Crippen molar-refractivity contribution < 1.29 is 27.6 Å². The number of nitrogens with zero attached hydrogens (tertiary/aromatic N) is 1. The number of carbonyl (C=O) groups is 3. The van der Waals surface area contributed by atoms with E-state index in [-0.39, 0.29) is 30.0 Å². The first-order valence-electron chi connectivity index (χ1n) is 10.2. The minimum absolute atomic E-state index is 0.0179. The van der Waals surface area contributed by atoms with E-state index in [0.717, 1.165) is 28.7 Å². The van der Waals surface area contributed by atoms with Gasteiger partial charge in [0.2, 0.25) is 11.8 Å². The van der Waals surface area contributed by atoms with Crippen molar-refractivity contribution in [2.45, 2.75) is 51.6 Å². The Morgan fingerprint density at radius 2 is 1.71 bits per heavy atom. The second-order valence-corrected chi connectivity index (χ2v) is 8.16. The van der Waals surface area contributed by atoms with E-state index in [1.165, 1.54) is 0 Å². The molecule has 1 atom stereocenters. The Morgan fingerprint density at radius 3 is 2.32 bits per heavy atom. The van der Waals surface area contributed by atoms with Crippen LogP contribution in [-0.2, 0) is 27.0 Å². The van der Waals surface area contributed by atoms with Crippen molar-refractivity contribution in [1.29, 1.82) is 0 Å². The van der Waals surface area contributed by atoms with E-state index in [4.69, 9.17) is 0 Å². The zero-order valence-corrected chi connectivity index (χ0v) is 17.4. The van der Waals surface area contributed by atoms with Crippen LogP contribution in [0, 0.1) is 5.92 Å². The van der Waals surface area contributed by atoms with Gasteiger partial charge in [0.05, 0.1) is 11.3 Å². The molecule has 0 saturated heterocycles. The third-order valence-corrected chi connectivity index (χ3v) is 5.39. The van der Waals surface area contributed by atoms with Crippen LogP contribution in [0.4, 0.5) is 18.9 Å². The van der Waals surface area contributed by atoms with Gasteiger partial charge < -0.3 is 0 Å². The number of anilines is 1. The summed E-state index contributed by atoms with van der Waals surface area (Å²) in [4.78, 5) is 39.5. The van der Waals surface area contributed by atoms with E-state index >= 15 is 0 Å². The fourth-order valence-electron chi connectivity index (χ4n) is 3.69. The van der Waals surface area contributed by atoms with Gasteiger partial charge in [0.1, 0.15) is 11.7 Å². The van der Waals surface area contributed by atoms with Crippen molar-refractivity contribution >= 4 is 23.3 Å². The summed E-state index contributed by atoms with van der Waals surface area (Å²) in [6.45, 7) is 3.81. The average molecular weight is 431 g/mol. The van der Waals surface area contributed by atoms with Gasteiger partial charge in [0.15, 0.2) is 0 Å². The normalized spacial score (nSPS) is 16.0. The monoisotopic (exact) mass is 431 g/mol. The number of Topliss-reactive ketones (excluding diaryl/α,β-unsaturated/α-hetero) is 1. The van der Waals surface area contributed by atoms with Crippen LogP contribution in [0.15, 0.2) is 48.5 Å². The van der Waals surface area contributed by atoms with E-state index < -0.39 is 35.3 Å². The maximum Gasteiger partial charge on any atom is 0.416 e. The molecule has 2 aromatic rings. The molecule has 0 bridgehead atoms. The van der Waals surface area contributed by atoms with Crippen LogP contribution >= 0.6 is 0 Å². The number of benzene rings is 2. The first-order valence-corrected chi connectivity index (χ1v) is 10.2. The molecule has 31 heavy (non-hydrogen) atoms. The van der Waals surface area contributed by atoms with Crippen LogP contribution in [0.25, 0.3) is 0 Å². The molecule has 0 saturated carbocycles. The van der Waals surface area contributed by atoms with E-state index in [2.05, 4.69) is 0 Å². The molecule has 0 N–H and O–H groups in total. The van der Waals surface area contributed by atoms with Crippen LogP contribution in [0.5, 0.6) is 0 Å². The summed E-state index contributed by atoms with van der Waals surface area (Å²) in [5.74, 6) is -2.83. The molecule has 0 fully saturated rings. The van der Waals surface area contributed by atoms with Gasteiger partial charge >= 0.3 is 6.18 Å². The number of carbonyl (C=O) groups excluding carboxylic acids is 3. The second kappa shape index (κ2) is 9.04. The Hall–Kier alpha value is -2.96. The smallest absolute Gasteiger partial charge is 0.298 e. The van der Waals surface area contributed by atoms with E-state index in [0.29, 0.717) is 12.8 Å². The molecule has 1 unspecified atom stereocenters. The fourth-order valence-corrected chi connectivity index (χ4v) is 3.69. The highest BCUT2D eigenvalue weighted by Crippen LogP contribution is 2.42. The minimum Gasteiger partial charge on any atom is -0.298 e. The standard InChI is InChI=1S/C24H24F3NO3/c1-15(2)8-13-21(30)28-19-14-17(24(25,26)27)10-11-18(19)22(23(28)31)20(29)12-9-16-6-4-3-5-7-16/h3-7,10-11,14-15,22H,8-9,12-13H2,1-2H3. The molecule has 1 aliphatic heterocycles. The molecule has 0 aliphatic carbocycles. The molecule has 7 heteroatoms. The van der Waals surface area contributed by atoms with Gasteiger partial charge in [-0.25, -0.2) is 4.90 Å². The SMILES string of the molecule is CC(C)CCC(=O)N1C(=O)C(C(=O)CCc2ccccc2)c2ccc(C(F)(F)F)cc21. The number of hydrogen-bond donors (Lipinski definition) is 0. The number of aryl methyl sites for hydroxylation is 1. The van der Waals surface area contributed by atoms with Crippen molar-refractivity contribution in [2.24, 2.45) is 5.92 Å². The lowest BCUT2D eigenvalue weighted by atomic mass is 9.92. The third kappa shape index (κ3) is 5.03. The van der Waals surface area contributed by atoms with E-state index in [1.807, 2.05) is 44.2 Å². The second-order valence-electron chi connectivity index (χ2n) is 8.16. The van der Waals surface area contributed by atoms with E-state index in [9.17, 15) is 27.6 Å². The molecular formula is C24H24F3NO3. The summed E-state index contributed by atoms with van der Waals surface area (Å²) in [7, 11) is 0. The van der Waals surface area contributed by atoms with Crippen LogP contribution < -0.4 is 4.90 Å². The highest BCUT2D eigenvalue weighted by Gasteiger charge is 2.45. The van der Waals surface area contributed by atoms with E-state index in [1.54, 1.807) is 0 Å². The summed E-state index contributed by atoms with van der Waals surface area (Å²) in [5.41, 5.74) is -0.0162. The highest BCUT2D eigenvalue weighted by atomic mass is 19.4. The molecule has 1 aliphatic rings. The predicted molar refractivity (Wildman–Crippen MR) is 111 cm³/mol. The average Bonchev–Trinajstić information content (AvgIpc) is 3.01. The summed E-state index contributed by atoms with van der Waals surface area (Å²) < 4.78 is 39.7. The Balaban J connectivity index is 1.92. The molecule has 2 amide bonds. The van der Waals surface area contributed by atoms with Gasteiger partial charge in [0.25, 0.3) is 0 Å². The lowest BCUT2D eigenvalue weighted by Crippen LogP contribution is -2.37. The topological polar surface area (TPSA) is 54.5 Å². The van der Waals surface area contributed by atoms with Gasteiger partial charge in [-0.3, -0.25) is 14.4 Å². The van der Waals surface area contributed by atoms with Crippen molar-refractivity contribution in [1.82, 2.24) is 0 Å². The predicted octanol–water partition coefficient (Wildman–Crippen LogP) is 5.30. The number of amides is 2. The number of hydrogen-bond acceptors (Lipinski definition) is 3. The lowest BCUT2D eigenvalue weighted by Gasteiger charge is -2.17. The first-order chi connectivity index (χ1) is 14.6. The Labute approximate surface area is 179 Å². The number of fused-ring (bicyclic) bond motifs is 1. The van der Waals surface area contributed by atoms with Gasteiger partial charge in [-0.2, -0.15) is 13.2 Å². The Kier molecular flexibility index (Phi) is 6.62. The third-order valence-electron chi connectivity index (χ3n) is 5.39.